The Hall–Kier alpha value is -1.45. The van der Waals surface area contributed by atoms with Crippen LogP contribution < -0.4 is 0 Å². The highest BCUT2D eigenvalue weighted by Crippen LogP contribution is 2.28. The molecule has 1 aromatic carbocycles. The topological polar surface area (TPSA) is 60.9 Å². The zero-order valence-corrected chi connectivity index (χ0v) is 19.2. The second-order valence-electron chi connectivity index (χ2n) is 7.80. The van der Waals surface area contributed by atoms with Crippen molar-refractivity contribution in [3.8, 4) is 0 Å². The van der Waals surface area contributed by atoms with Crippen LogP contribution in [0.1, 0.15) is 23.3 Å². The van der Waals surface area contributed by atoms with Gasteiger partial charge in [0.05, 0.1) is 6.42 Å². The van der Waals surface area contributed by atoms with E-state index in [0.29, 0.717) is 30.4 Å². The van der Waals surface area contributed by atoms with Crippen molar-refractivity contribution < 1.29 is 13.2 Å². The first kappa shape index (κ1) is 21.8. The summed E-state index contributed by atoms with van der Waals surface area (Å²) in [6.45, 7) is 5.01. The fraction of sp³-hybridized carbons (Fsp3) is 0.476. The van der Waals surface area contributed by atoms with Gasteiger partial charge in [0.2, 0.25) is 5.91 Å². The first-order valence-electron chi connectivity index (χ1n) is 10.3. The number of benzene rings is 1. The standard InChI is InChI=1S/C21H26ClN3O3S2/c22-18-5-3-4-17(14-18)16-23-10-12-24(13-11-23)20(26)15-19-6-7-21(29-19)30(27,28)25-8-1-2-9-25/h3-7,14H,1-2,8-13,15-16H2. The van der Waals surface area contributed by atoms with E-state index in [2.05, 4.69) is 11.0 Å². The Labute approximate surface area is 187 Å². The smallest absolute Gasteiger partial charge is 0.252 e. The molecule has 0 spiro atoms. The molecule has 2 aliphatic rings. The third-order valence-corrected chi connectivity index (χ3v) is 9.33. The number of rotatable bonds is 6. The molecule has 1 aromatic heterocycles. The molecule has 30 heavy (non-hydrogen) atoms. The third-order valence-electron chi connectivity index (χ3n) is 5.64. The van der Waals surface area contributed by atoms with E-state index in [0.717, 1.165) is 42.4 Å². The summed E-state index contributed by atoms with van der Waals surface area (Å²) in [7, 11) is -3.41. The van der Waals surface area contributed by atoms with E-state index in [4.69, 9.17) is 11.6 Å². The molecule has 2 saturated heterocycles. The fourth-order valence-corrected chi connectivity index (χ4v) is 7.19. The number of halogens is 1. The Morgan fingerprint density at radius 3 is 2.43 bits per heavy atom. The van der Waals surface area contributed by atoms with Gasteiger partial charge in [-0.25, -0.2) is 8.42 Å². The Bertz CT molecular complexity index is 994. The number of hydrogen-bond acceptors (Lipinski definition) is 5. The van der Waals surface area contributed by atoms with Gasteiger partial charge in [-0.15, -0.1) is 11.3 Å². The average molecular weight is 468 g/mol. The molecule has 0 bridgehead atoms. The Morgan fingerprint density at radius 2 is 1.73 bits per heavy atom. The second-order valence-corrected chi connectivity index (χ2v) is 11.6. The molecule has 0 radical (unpaired) electrons. The van der Waals surface area contributed by atoms with Crippen molar-refractivity contribution in [3.05, 3.63) is 51.9 Å². The van der Waals surface area contributed by atoms with Gasteiger partial charge in [0, 0.05) is 55.7 Å². The summed E-state index contributed by atoms with van der Waals surface area (Å²) in [5, 5.41) is 0.739. The highest BCUT2D eigenvalue weighted by molar-refractivity contribution is 7.91. The summed E-state index contributed by atoms with van der Waals surface area (Å²) in [5.41, 5.74) is 1.17. The van der Waals surface area contributed by atoms with Crippen LogP contribution >= 0.6 is 22.9 Å². The zero-order valence-electron chi connectivity index (χ0n) is 16.8. The molecule has 162 valence electrons. The quantitative estimate of drug-likeness (QED) is 0.655. The highest BCUT2D eigenvalue weighted by atomic mass is 35.5. The molecule has 2 fully saturated rings. The Balaban J connectivity index is 1.29. The van der Waals surface area contributed by atoms with Crippen molar-refractivity contribution in [2.45, 2.75) is 30.0 Å². The van der Waals surface area contributed by atoms with E-state index in [9.17, 15) is 13.2 Å². The second kappa shape index (κ2) is 9.36. The molecule has 0 unspecified atom stereocenters. The van der Waals surface area contributed by atoms with Crippen molar-refractivity contribution in [1.29, 1.82) is 0 Å². The largest absolute Gasteiger partial charge is 0.340 e. The Morgan fingerprint density at radius 1 is 1.00 bits per heavy atom. The maximum atomic E-state index is 12.7. The van der Waals surface area contributed by atoms with E-state index in [1.807, 2.05) is 23.1 Å². The van der Waals surface area contributed by atoms with E-state index < -0.39 is 10.0 Å². The normalized spacial score (nSPS) is 18.8. The molecule has 0 saturated carbocycles. The number of carbonyl (C=O) groups is 1. The number of piperazine rings is 1. The molecule has 2 aromatic rings. The number of carbonyl (C=O) groups excluding carboxylic acids is 1. The predicted molar refractivity (Wildman–Crippen MR) is 119 cm³/mol. The average Bonchev–Trinajstić information content (AvgIpc) is 3.41. The van der Waals surface area contributed by atoms with Gasteiger partial charge in [-0.1, -0.05) is 23.7 Å². The molecular formula is C21H26ClN3O3S2. The third kappa shape index (κ3) is 5.06. The lowest BCUT2D eigenvalue weighted by Crippen LogP contribution is -2.48. The first-order valence-corrected chi connectivity index (χ1v) is 12.9. The van der Waals surface area contributed by atoms with E-state index in [1.165, 1.54) is 16.9 Å². The number of thiophene rings is 1. The van der Waals surface area contributed by atoms with Gasteiger partial charge >= 0.3 is 0 Å². The lowest BCUT2D eigenvalue weighted by molar-refractivity contribution is -0.132. The molecule has 0 atom stereocenters. The monoisotopic (exact) mass is 467 g/mol. The first-order chi connectivity index (χ1) is 14.4. The summed E-state index contributed by atoms with van der Waals surface area (Å²) >= 11 is 7.28. The fourth-order valence-electron chi connectivity index (χ4n) is 3.96. The minimum Gasteiger partial charge on any atom is -0.340 e. The number of hydrogen-bond donors (Lipinski definition) is 0. The van der Waals surface area contributed by atoms with E-state index in [1.54, 1.807) is 16.4 Å². The Kier molecular flexibility index (Phi) is 6.79. The summed E-state index contributed by atoms with van der Waals surface area (Å²) in [6.07, 6.45) is 2.09. The van der Waals surface area contributed by atoms with Crippen LogP contribution in [0.3, 0.4) is 0 Å². The highest BCUT2D eigenvalue weighted by Gasteiger charge is 2.29. The molecule has 9 heteroatoms. The number of amides is 1. The maximum absolute atomic E-state index is 12.7. The summed E-state index contributed by atoms with van der Waals surface area (Å²) in [6, 6.07) is 11.3. The zero-order chi connectivity index (χ0) is 21.1. The van der Waals surface area contributed by atoms with Crippen LogP contribution in [0, 0.1) is 0 Å². The minimum absolute atomic E-state index is 0.0596. The summed E-state index contributed by atoms with van der Waals surface area (Å²) < 4.78 is 27.2. The molecule has 6 nitrogen and oxygen atoms in total. The van der Waals surface area contributed by atoms with Gasteiger partial charge in [-0.05, 0) is 42.7 Å². The number of nitrogens with zero attached hydrogens (tertiary/aromatic N) is 3. The van der Waals surface area contributed by atoms with E-state index in [-0.39, 0.29) is 12.3 Å². The minimum atomic E-state index is -3.41. The van der Waals surface area contributed by atoms with Crippen LogP contribution in [0.2, 0.25) is 5.02 Å². The summed E-state index contributed by atoms with van der Waals surface area (Å²) in [4.78, 5) is 17.7. The molecule has 2 aliphatic heterocycles. The molecule has 4 rings (SSSR count). The van der Waals surface area contributed by atoms with Crippen molar-refractivity contribution in [2.75, 3.05) is 39.3 Å². The molecule has 3 heterocycles. The van der Waals surface area contributed by atoms with Crippen LogP contribution in [0.5, 0.6) is 0 Å². The van der Waals surface area contributed by atoms with Gasteiger partial charge in [0.1, 0.15) is 4.21 Å². The lowest BCUT2D eigenvalue weighted by atomic mass is 10.2. The van der Waals surface area contributed by atoms with Gasteiger partial charge in [0.15, 0.2) is 0 Å². The van der Waals surface area contributed by atoms with E-state index >= 15 is 0 Å². The van der Waals surface area contributed by atoms with Crippen molar-refractivity contribution in [3.63, 3.8) is 0 Å². The molecule has 0 N–H and O–H groups in total. The SMILES string of the molecule is O=C(Cc1ccc(S(=O)(=O)N2CCCC2)s1)N1CCN(Cc2cccc(Cl)c2)CC1. The van der Waals surface area contributed by atoms with Crippen molar-refractivity contribution >= 4 is 38.9 Å². The molecule has 0 aliphatic carbocycles. The van der Waals surface area contributed by atoms with Crippen molar-refractivity contribution in [2.24, 2.45) is 0 Å². The van der Waals surface area contributed by atoms with Gasteiger partial charge in [-0.2, -0.15) is 4.31 Å². The van der Waals surface area contributed by atoms with Crippen molar-refractivity contribution in [1.82, 2.24) is 14.1 Å². The number of sulfonamides is 1. The van der Waals surface area contributed by atoms with Crippen LogP contribution in [0.25, 0.3) is 0 Å². The summed E-state index contributed by atoms with van der Waals surface area (Å²) in [5.74, 6) is 0.0596. The van der Waals surface area contributed by atoms with Crippen LogP contribution in [-0.4, -0.2) is 67.7 Å². The molecular weight excluding hydrogens is 442 g/mol. The van der Waals surface area contributed by atoms with Gasteiger partial charge < -0.3 is 4.90 Å². The molecule has 1 amide bonds. The van der Waals surface area contributed by atoms with Crippen LogP contribution in [-0.2, 0) is 27.8 Å². The lowest BCUT2D eigenvalue weighted by Gasteiger charge is -2.34. The predicted octanol–water partition coefficient (Wildman–Crippen LogP) is 3.07. The van der Waals surface area contributed by atoms with Crippen LogP contribution in [0.15, 0.2) is 40.6 Å². The van der Waals surface area contributed by atoms with Crippen LogP contribution in [0.4, 0.5) is 0 Å². The maximum Gasteiger partial charge on any atom is 0.252 e. The van der Waals surface area contributed by atoms with Gasteiger partial charge in [0.25, 0.3) is 10.0 Å². The van der Waals surface area contributed by atoms with Gasteiger partial charge in [-0.3, -0.25) is 9.69 Å².